The summed E-state index contributed by atoms with van der Waals surface area (Å²) in [5, 5.41) is 20.9. The third-order valence-corrected chi connectivity index (χ3v) is 4.96. The number of benzene rings is 2. The molecule has 134 valence electrons. The Balaban J connectivity index is 2.38. The van der Waals surface area contributed by atoms with E-state index in [2.05, 4.69) is 0 Å². The van der Waals surface area contributed by atoms with E-state index in [4.69, 9.17) is 10.5 Å². The molecule has 0 amide bonds. The molecule has 0 heterocycles. The minimum absolute atomic E-state index is 0.0527. The first-order valence-electron chi connectivity index (χ1n) is 7.57. The highest BCUT2D eigenvalue weighted by atomic mass is 32.2. The minimum atomic E-state index is -0.793. The van der Waals surface area contributed by atoms with Crippen LogP contribution in [0.3, 0.4) is 0 Å². The molecule has 2 aromatic rings. The highest BCUT2D eigenvalue weighted by molar-refractivity contribution is 7.99. The molecule has 0 spiro atoms. The van der Waals surface area contributed by atoms with Gasteiger partial charge >= 0.3 is 0 Å². The van der Waals surface area contributed by atoms with Crippen LogP contribution >= 0.6 is 11.8 Å². The molecule has 2 aromatic carbocycles. The lowest BCUT2D eigenvalue weighted by atomic mass is 10.1. The summed E-state index contributed by atoms with van der Waals surface area (Å²) in [6.07, 6.45) is -0.550. The van der Waals surface area contributed by atoms with Crippen LogP contribution in [0.1, 0.15) is 17.2 Å². The second-order valence-corrected chi connectivity index (χ2v) is 6.62. The van der Waals surface area contributed by atoms with Crippen molar-refractivity contribution < 1.29 is 19.2 Å². The Hall–Kier alpha value is -2.16. The van der Waals surface area contributed by atoms with Gasteiger partial charge in [-0.2, -0.15) is 0 Å². The Morgan fingerprint density at radius 2 is 2.12 bits per heavy atom. The number of methoxy groups -OCH3 is 1. The standard InChI is InChI=1S/C17H19FN2O4S/c1-24-14-5-6-16(15(9-14)20(22)23)25-17(8-13(21)10-19)11-3-2-4-12(18)7-11/h2-7,9,13,17,21H,8,10,19H2,1H3/t13-,17-/m1/s1. The topological polar surface area (TPSA) is 98.6 Å². The molecule has 0 saturated heterocycles. The first-order valence-corrected chi connectivity index (χ1v) is 8.45. The summed E-state index contributed by atoms with van der Waals surface area (Å²) < 4.78 is 18.6. The van der Waals surface area contributed by atoms with Gasteiger partial charge in [0, 0.05) is 11.8 Å². The SMILES string of the molecule is COc1ccc(S[C@H](C[C@@H](O)CN)c2cccc(F)c2)c([N+](=O)[O-])c1. The molecule has 0 radical (unpaired) electrons. The fourth-order valence-corrected chi connectivity index (χ4v) is 3.63. The van der Waals surface area contributed by atoms with Crippen LogP contribution in [0.4, 0.5) is 10.1 Å². The minimum Gasteiger partial charge on any atom is -0.497 e. The number of hydrogen-bond acceptors (Lipinski definition) is 6. The third-order valence-electron chi connectivity index (χ3n) is 3.61. The maximum Gasteiger partial charge on any atom is 0.286 e. The number of halogens is 1. The molecule has 2 atom stereocenters. The first-order chi connectivity index (χ1) is 11.9. The van der Waals surface area contributed by atoms with Crippen molar-refractivity contribution >= 4 is 17.4 Å². The number of aliphatic hydroxyl groups excluding tert-OH is 1. The Bertz CT molecular complexity index is 744. The predicted octanol–water partition coefficient (Wildman–Crippen LogP) is 3.29. The fourth-order valence-electron chi connectivity index (χ4n) is 2.32. The fraction of sp³-hybridized carbons (Fsp3) is 0.294. The van der Waals surface area contributed by atoms with E-state index in [9.17, 15) is 19.6 Å². The van der Waals surface area contributed by atoms with E-state index in [1.165, 1.54) is 37.1 Å². The van der Waals surface area contributed by atoms with Gasteiger partial charge in [-0.25, -0.2) is 4.39 Å². The second kappa shape index (κ2) is 8.80. The molecule has 0 fully saturated rings. The second-order valence-electron chi connectivity index (χ2n) is 5.38. The summed E-state index contributed by atoms with van der Waals surface area (Å²) >= 11 is 1.19. The highest BCUT2D eigenvalue weighted by Crippen LogP contribution is 2.43. The molecule has 25 heavy (non-hydrogen) atoms. The van der Waals surface area contributed by atoms with Gasteiger partial charge in [-0.1, -0.05) is 12.1 Å². The average molecular weight is 366 g/mol. The summed E-state index contributed by atoms with van der Waals surface area (Å²) in [6.45, 7) is 0.0527. The summed E-state index contributed by atoms with van der Waals surface area (Å²) in [5.41, 5.74) is 6.00. The van der Waals surface area contributed by atoms with Crippen molar-refractivity contribution in [2.24, 2.45) is 5.73 Å². The maximum absolute atomic E-state index is 13.6. The van der Waals surface area contributed by atoms with Gasteiger partial charge in [0.2, 0.25) is 0 Å². The van der Waals surface area contributed by atoms with Gasteiger partial charge in [0.1, 0.15) is 11.6 Å². The van der Waals surface area contributed by atoms with E-state index in [1.54, 1.807) is 24.3 Å². The van der Waals surface area contributed by atoms with Crippen molar-refractivity contribution in [3.8, 4) is 5.75 Å². The largest absolute Gasteiger partial charge is 0.497 e. The van der Waals surface area contributed by atoms with E-state index in [-0.39, 0.29) is 23.9 Å². The normalized spacial score (nSPS) is 13.3. The lowest BCUT2D eigenvalue weighted by Gasteiger charge is -2.20. The third kappa shape index (κ3) is 5.15. The van der Waals surface area contributed by atoms with E-state index >= 15 is 0 Å². The van der Waals surface area contributed by atoms with Crippen molar-refractivity contribution in [2.75, 3.05) is 13.7 Å². The van der Waals surface area contributed by atoms with Crippen LogP contribution in [-0.2, 0) is 0 Å². The molecule has 0 aliphatic carbocycles. The predicted molar refractivity (Wildman–Crippen MR) is 94.3 cm³/mol. The molecule has 0 bridgehead atoms. The highest BCUT2D eigenvalue weighted by Gasteiger charge is 2.23. The molecule has 0 aliphatic heterocycles. The summed E-state index contributed by atoms with van der Waals surface area (Å²) in [4.78, 5) is 11.3. The number of nitrogens with two attached hydrogens (primary N) is 1. The van der Waals surface area contributed by atoms with Gasteiger partial charge in [-0.15, -0.1) is 11.8 Å². The quantitative estimate of drug-likeness (QED) is 0.423. The molecular weight excluding hydrogens is 347 g/mol. The van der Waals surface area contributed by atoms with Crippen molar-refractivity contribution in [1.82, 2.24) is 0 Å². The number of aliphatic hydroxyl groups is 1. The number of nitrogens with zero attached hydrogens (tertiary/aromatic N) is 1. The maximum atomic E-state index is 13.6. The number of hydrogen-bond donors (Lipinski definition) is 2. The molecule has 0 unspecified atom stereocenters. The van der Waals surface area contributed by atoms with E-state index in [0.717, 1.165) is 0 Å². The summed E-state index contributed by atoms with van der Waals surface area (Å²) in [6, 6.07) is 10.5. The zero-order valence-corrected chi connectivity index (χ0v) is 14.4. The lowest BCUT2D eigenvalue weighted by Crippen LogP contribution is -2.21. The zero-order chi connectivity index (χ0) is 18.4. The number of rotatable bonds is 8. The van der Waals surface area contributed by atoms with Crippen LogP contribution in [-0.4, -0.2) is 29.8 Å². The lowest BCUT2D eigenvalue weighted by molar-refractivity contribution is -0.387. The first kappa shape index (κ1) is 19.2. The van der Waals surface area contributed by atoms with Crippen molar-refractivity contribution in [3.63, 3.8) is 0 Å². The van der Waals surface area contributed by atoms with Gasteiger partial charge in [0.05, 0.1) is 29.1 Å². The van der Waals surface area contributed by atoms with E-state index < -0.39 is 16.8 Å². The van der Waals surface area contributed by atoms with Gasteiger partial charge in [-0.05, 0) is 36.2 Å². The monoisotopic (exact) mass is 366 g/mol. The molecule has 8 heteroatoms. The van der Waals surface area contributed by atoms with Gasteiger partial charge in [-0.3, -0.25) is 10.1 Å². The molecule has 6 nitrogen and oxygen atoms in total. The van der Waals surface area contributed by atoms with Crippen molar-refractivity contribution in [3.05, 3.63) is 64.0 Å². The van der Waals surface area contributed by atoms with Crippen LogP contribution in [0.15, 0.2) is 47.4 Å². The van der Waals surface area contributed by atoms with Crippen LogP contribution in [0.25, 0.3) is 0 Å². The Morgan fingerprint density at radius 3 is 2.72 bits per heavy atom. The van der Waals surface area contributed by atoms with E-state index in [1.807, 2.05) is 0 Å². The Morgan fingerprint density at radius 1 is 1.36 bits per heavy atom. The molecule has 0 aromatic heterocycles. The van der Waals surface area contributed by atoms with Crippen LogP contribution in [0.2, 0.25) is 0 Å². The van der Waals surface area contributed by atoms with Crippen LogP contribution in [0.5, 0.6) is 5.75 Å². The number of nitro benzene ring substituents is 1. The van der Waals surface area contributed by atoms with Crippen molar-refractivity contribution in [2.45, 2.75) is 22.7 Å². The summed E-state index contributed by atoms with van der Waals surface area (Å²) in [7, 11) is 1.43. The van der Waals surface area contributed by atoms with Gasteiger partial charge < -0.3 is 15.6 Å². The molecule has 3 N–H and O–H groups in total. The zero-order valence-electron chi connectivity index (χ0n) is 13.6. The number of ether oxygens (including phenoxy) is 1. The molecule has 0 saturated carbocycles. The van der Waals surface area contributed by atoms with Crippen LogP contribution in [0, 0.1) is 15.9 Å². The number of thioether (sulfide) groups is 1. The Labute approximate surface area is 149 Å². The Kier molecular flexibility index (Phi) is 6.74. The number of nitro groups is 1. The molecule has 2 rings (SSSR count). The average Bonchev–Trinajstić information content (AvgIpc) is 2.61. The smallest absolute Gasteiger partial charge is 0.286 e. The van der Waals surface area contributed by atoms with Crippen LogP contribution < -0.4 is 10.5 Å². The van der Waals surface area contributed by atoms with Gasteiger partial charge in [0.15, 0.2) is 0 Å². The van der Waals surface area contributed by atoms with Crippen molar-refractivity contribution in [1.29, 1.82) is 0 Å². The molecular formula is C17H19FN2O4S. The molecule has 0 aliphatic rings. The van der Waals surface area contributed by atoms with E-state index in [0.29, 0.717) is 16.2 Å². The van der Waals surface area contributed by atoms with Gasteiger partial charge in [0.25, 0.3) is 5.69 Å². The summed E-state index contributed by atoms with van der Waals surface area (Å²) in [5.74, 6) is -0.0325.